The Hall–Kier alpha value is -2.31. The number of nitrogens with zero attached hydrogens (tertiary/aromatic N) is 4. The Balaban J connectivity index is 1.78. The lowest BCUT2D eigenvalue weighted by Gasteiger charge is -2.39. The molecular weight excluding hydrogens is 480 g/mol. The molecule has 2 atom stereocenters. The van der Waals surface area contributed by atoms with Gasteiger partial charge in [0.05, 0.1) is 31.9 Å². The molecule has 1 unspecified atom stereocenters. The van der Waals surface area contributed by atoms with Gasteiger partial charge in [-0.2, -0.15) is 5.26 Å². The van der Waals surface area contributed by atoms with Crippen molar-refractivity contribution in [3.63, 3.8) is 0 Å². The van der Waals surface area contributed by atoms with Crippen LogP contribution >= 0.6 is 0 Å². The van der Waals surface area contributed by atoms with E-state index < -0.39 is 11.6 Å². The van der Waals surface area contributed by atoms with E-state index in [-0.39, 0.29) is 18.1 Å². The molecule has 9 heteroatoms. The Morgan fingerprint density at radius 3 is 2.45 bits per heavy atom. The van der Waals surface area contributed by atoms with E-state index in [1.54, 1.807) is 6.92 Å². The third kappa shape index (κ3) is 8.60. The third-order valence-electron chi connectivity index (χ3n) is 8.02. The van der Waals surface area contributed by atoms with Crippen molar-refractivity contribution in [2.45, 2.75) is 97.7 Å². The molecular formula is C29H50N6O3. The van der Waals surface area contributed by atoms with Crippen LogP contribution < -0.4 is 10.6 Å². The lowest BCUT2D eigenvalue weighted by molar-refractivity contribution is 0.0658. The standard InChI is InChI=1S/C29H50N6O3/c1-8-38-26(36)32-25(34-15-17-37-18-16-34)31-24(19-27(3,4)5)22(2)33-29(20-30)13-14-35(21-29)23-9-11-28(6,7)12-10-23/h23-24,33H,2,8-19,21H2,1,3-7H3,(H,31,32,36)/t24-,29?/m0/s1. The summed E-state index contributed by atoms with van der Waals surface area (Å²) in [5.41, 5.74) is 0.395. The van der Waals surface area contributed by atoms with Crippen LogP contribution in [0.2, 0.25) is 0 Å². The van der Waals surface area contributed by atoms with E-state index in [4.69, 9.17) is 14.5 Å². The fraction of sp³-hybridized carbons (Fsp3) is 0.828. The molecule has 3 aliphatic rings. The van der Waals surface area contributed by atoms with Crippen molar-refractivity contribution in [2.75, 3.05) is 46.0 Å². The lowest BCUT2D eigenvalue weighted by Crippen LogP contribution is -2.51. The molecule has 0 bridgehead atoms. The maximum absolute atomic E-state index is 12.4. The molecule has 0 aromatic carbocycles. The minimum Gasteiger partial charge on any atom is -0.450 e. The number of ether oxygens (including phenoxy) is 2. The number of hydrogen-bond donors (Lipinski definition) is 2. The van der Waals surface area contributed by atoms with Crippen LogP contribution in [0.5, 0.6) is 0 Å². The number of nitrogens with one attached hydrogen (secondary N) is 2. The quantitative estimate of drug-likeness (QED) is 0.374. The highest BCUT2D eigenvalue weighted by molar-refractivity contribution is 5.94. The number of carbonyl (C=O) groups is 1. The van der Waals surface area contributed by atoms with Gasteiger partial charge in [-0.1, -0.05) is 41.2 Å². The summed E-state index contributed by atoms with van der Waals surface area (Å²) in [6.07, 6.45) is 5.78. The molecule has 214 valence electrons. The van der Waals surface area contributed by atoms with E-state index in [0.29, 0.717) is 62.4 Å². The van der Waals surface area contributed by atoms with Crippen LogP contribution in [-0.2, 0) is 9.47 Å². The zero-order valence-corrected chi connectivity index (χ0v) is 24.6. The van der Waals surface area contributed by atoms with E-state index in [1.165, 1.54) is 25.7 Å². The van der Waals surface area contributed by atoms with Crippen molar-refractivity contribution in [3.8, 4) is 6.07 Å². The van der Waals surface area contributed by atoms with E-state index in [9.17, 15) is 10.1 Å². The predicted octanol–water partition coefficient (Wildman–Crippen LogP) is 4.27. The molecule has 1 amide bonds. The van der Waals surface area contributed by atoms with E-state index in [2.05, 4.69) is 62.8 Å². The Labute approximate surface area is 230 Å². The number of likely N-dealkylation sites (tertiary alicyclic amines) is 1. The number of rotatable bonds is 7. The zero-order chi connectivity index (χ0) is 28.0. The summed E-state index contributed by atoms with van der Waals surface area (Å²) >= 11 is 0. The second-order valence-electron chi connectivity index (χ2n) is 13.1. The van der Waals surface area contributed by atoms with Crippen molar-refractivity contribution in [1.29, 1.82) is 5.26 Å². The van der Waals surface area contributed by atoms with Crippen LogP contribution in [0.1, 0.15) is 80.1 Å². The van der Waals surface area contributed by atoms with Gasteiger partial charge in [-0.15, -0.1) is 0 Å². The average Bonchev–Trinajstić information content (AvgIpc) is 3.27. The SMILES string of the molecule is C=C(NC1(C#N)CCN(C2CCC(C)(C)CC2)C1)[C@H](CC(C)(C)C)N=C(NC(=O)OCC)N1CCOCC1. The predicted molar refractivity (Wildman–Crippen MR) is 151 cm³/mol. The molecule has 0 radical (unpaired) electrons. The normalized spacial score (nSPS) is 25.9. The maximum Gasteiger partial charge on any atom is 0.413 e. The highest BCUT2D eigenvalue weighted by Gasteiger charge is 2.43. The molecule has 1 aliphatic carbocycles. The number of guanidine groups is 1. The molecule has 0 aromatic heterocycles. The number of morpholine rings is 1. The van der Waals surface area contributed by atoms with E-state index in [0.717, 1.165) is 13.0 Å². The van der Waals surface area contributed by atoms with Gasteiger partial charge >= 0.3 is 6.09 Å². The van der Waals surface area contributed by atoms with Crippen LogP contribution in [0.4, 0.5) is 4.79 Å². The van der Waals surface area contributed by atoms with Crippen molar-refractivity contribution in [1.82, 2.24) is 20.4 Å². The van der Waals surface area contributed by atoms with Gasteiger partial charge in [0, 0.05) is 37.9 Å². The molecule has 3 fully saturated rings. The van der Waals surface area contributed by atoms with Gasteiger partial charge in [-0.05, 0) is 56.3 Å². The first kappa shape index (κ1) is 30.2. The van der Waals surface area contributed by atoms with Gasteiger partial charge in [-0.3, -0.25) is 10.2 Å². The van der Waals surface area contributed by atoms with E-state index >= 15 is 0 Å². The smallest absolute Gasteiger partial charge is 0.413 e. The number of amides is 1. The Morgan fingerprint density at radius 1 is 1.21 bits per heavy atom. The van der Waals surface area contributed by atoms with Crippen LogP contribution in [0, 0.1) is 22.2 Å². The van der Waals surface area contributed by atoms with Crippen LogP contribution in [0.15, 0.2) is 17.3 Å². The van der Waals surface area contributed by atoms with Gasteiger partial charge in [0.25, 0.3) is 0 Å². The molecule has 1 saturated carbocycles. The van der Waals surface area contributed by atoms with Gasteiger partial charge in [-0.25, -0.2) is 9.79 Å². The summed E-state index contributed by atoms with van der Waals surface area (Å²) in [6.45, 7) is 21.7. The molecule has 9 nitrogen and oxygen atoms in total. The summed E-state index contributed by atoms with van der Waals surface area (Å²) in [5, 5.41) is 16.7. The first-order valence-electron chi connectivity index (χ1n) is 14.3. The topological polar surface area (TPSA) is 102 Å². The second-order valence-corrected chi connectivity index (χ2v) is 13.1. The number of aliphatic imine (C=N–C) groups is 1. The average molecular weight is 531 g/mol. The highest BCUT2D eigenvalue weighted by atomic mass is 16.5. The molecule has 2 saturated heterocycles. The summed E-state index contributed by atoms with van der Waals surface area (Å²) < 4.78 is 10.7. The second kappa shape index (κ2) is 12.7. The molecule has 2 aliphatic heterocycles. The van der Waals surface area contributed by atoms with Crippen LogP contribution in [-0.4, -0.2) is 85.5 Å². The number of alkyl carbamates (subject to hydrolysis) is 1. The summed E-state index contributed by atoms with van der Waals surface area (Å²) in [6, 6.07) is 2.81. The highest BCUT2D eigenvalue weighted by Crippen LogP contribution is 2.39. The first-order chi connectivity index (χ1) is 17.9. The van der Waals surface area contributed by atoms with Crippen molar-refractivity contribution < 1.29 is 14.3 Å². The van der Waals surface area contributed by atoms with Gasteiger partial charge in [0.15, 0.2) is 0 Å². The van der Waals surface area contributed by atoms with Crippen LogP contribution in [0.25, 0.3) is 0 Å². The van der Waals surface area contributed by atoms with Gasteiger partial charge < -0.3 is 19.7 Å². The van der Waals surface area contributed by atoms with Gasteiger partial charge in [0.2, 0.25) is 5.96 Å². The molecule has 38 heavy (non-hydrogen) atoms. The lowest BCUT2D eigenvalue weighted by atomic mass is 9.75. The number of nitriles is 1. The summed E-state index contributed by atoms with van der Waals surface area (Å²) in [4.78, 5) is 21.9. The molecule has 0 aromatic rings. The largest absolute Gasteiger partial charge is 0.450 e. The van der Waals surface area contributed by atoms with Crippen molar-refractivity contribution in [3.05, 3.63) is 12.3 Å². The van der Waals surface area contributed by atoms with Crippen molar-refractivity contribution in [2.24, 2.45) is 15.8 Å². The molecule has 2 N–H and O–H groups in total. The maximum atomic E-state index is 12.4. The minimum absolute atomic E-state index is 0.0464. The Kier molecular flexibility index (Phi) is 10.1. The Morgan fingerprint density at radius 2 is 1.87 bits per heavy atom. The fourth-order valence-electron chi connectivity index (χ4n) is 5.71. The minimum atomic E-state index is -0.691. The molecule has 2 heterocycles. The third-order valence-corrected chi connectivity index (χ3v) is 8.02. The van der Waals surface area contributed by atoms with E-state index in [1.807, 2.05) is 4.90 Å². The van der Waals surface area contributed by atoms with Crippen molar-refractivity contribution >= 4 is 12.1 Å². The molecule has 0 spiro atoms. The zero-order valence-electron chi connectivity index (χ0n) is 24.6. The summed E-state index contributed by atoms with van der Waals surface area (Å²) in [7, 11) is 0. The molecule has 3 rings (SSSR count). The summed E-state index contributed by atoms with van der Waals surface area (Å²) in [5.74, 6) is 0.466. The fourth-order valence-corrected chi connectivity index (χ4v) is 5.71. The monoisotopic (exact) mass is 530 g/mol. The van der Waals surface area contributed by atoms with Gasteiger partial charge in [0.1, 0.15) is 5.54 Å². The van der Waals surface area contributed by atoms with Crippen LogP contribution in [0.3, 0.4) is 0 Å². The Bertz CT molecular complexity index is 889. The number of hydrogen-bond acceptors (Lipinski definition) is 7. The first-order valence-corrected chi connectivity index (χ1v) is 14.3. The number of carbonyl (C=O) groups excluding carboxylic acids is 1.